The molecule has 5 N–H and O–H groups in total. The van der Waals surface area contributed by atoms with Crippen LogP contribution in [0.25, 0.3) is 0 Å². The highest BCUT2D eigenvalue weighted by Gasteiger charge is 2.33. The van der Waals surface area contributed by atoms with Crippen LogP contribution in [-0.4, -0.2) is 17.1 Å². The van der Waals surface area contributed by atoms with Crippen LogP contribution < -0.4 is 16.4 Å². The van der Waals surface area contributed by atoms with Crippen molar-refractivity contribution in [1.29, 1.82) is 0 Å². The molecular formula is C26H26FN3O4. The van der Waals surface area contributed by atoms with Gasteiger partial charge in [-0.05, 0) is 48.0 Å². The molecule has 2 amide bonds. The quantitative estimate of drug-likeness (QED) is 0.268. The van der Waals surface area contributed by atoms with E-state index >= 15 is 0 Å². The van der Waals surface area contributed by atoms with Gasteiger partial charge in [0.15, 0.2) is 11.6 Å². The first-order valence-electron chi connectivity index (χ1n) is 10.5. The Bertz CT molecular complexity index is 1200. The number of para-hydroxylation sites is 3. The molecule has 1 atom stereocenters. The summed E-state index contributed by atoms with van der Waals surface area (Å²) in [5.74, 6) is -1.81. The van der Waals surface area contributed by atoms with E-state index in [0.717, 1.165) is 6.07 Å². The smallest absolute Gasteiger partial charge is 0.412 e. The van der Waals surface area contributed by atoms with Crippen LogP contribution in [0.4, 0.5) is 26.2 Å². The molecular weight excluding hydrogens is 437 g/mol. The summed E-state index contributed by atoms with van der Waals surface area (Å²) >= 11 is 0. The highest BCUT2D eigenvalue weighted by Crippen LogP contribution is 2.39. The first-order chi connectivity index (χ1) is 16.2. The largest absolute Gasteiger partial charge is 0.505 e. The topological polar surface area (TPSA) is 114 Å². The standard InChI is InChI=1S/C26H26FN3O4/c1-26(2,15-14-23(32)30-21-11-7-6-10-20(21)28)24(17-12-13-22(31)19(27)16-17)34-25(33)29-18-8-4-3-5-9-18/h3-16,24,31H,28H2,1-2H3,(H,29,33)(H,30,32)/b15-14+/t24-/m0/s1. The molecule has 0 bridgehead atoms. The molecule has 0 fully saturated rings. The van der Waals surface area contributed by atoms with E-state index < -0.39 is 35.1 Å². The SMILES string of the molecule is CC(C)(/C=C/C(=O)Nc1ccccc1N)[C@@H](OC(=O)Nc1ccccc1)c1ccc(O)c(F)c1. The van der Waals surface area contributed by atoms with Crippen LogP contribution in [0.2, 0.25) is 0 Å². The highest BCUT2D eigenvalue weighted by molar-refractivity contribution is 6.01. The van der Waals surface area contributed by atoms with Crippen molar-refractivity contribution in [3.8, 4) is 5.75 Å². The van der Waals surface area contributed by atoms with Crippen molar-refractivity contribution in [3.63, 3.8) is 0 Å². The minimum atomic E-state index is -0.989. The fraction of sp³-hybridized carbons (Fsp3) is 0.154. The molecule has 0 aliphatic rings. The maximum absolute atomic E-state index is 14.1. The van der Waals surface area contributed by atoms with E-state index in [1.54, 1.807) is 74.5 Å². The molecule has 0 saturated heterocycles. The minimum absolute atomic E-state index is 0.306. The van der Waals surface area contributed by atoms with Crippen molar-refractivity contribution in [3.05, 3.63) is 96.3 Å². The molecule has 0 aromatic heterocycles. The predicted octanol–water partition coefficient (Wildman–Crippen LogP) is 5.62. The summed E-state index contributed by atoms with van der Waals surface area (Å²) in [6.45, 7) is 3.47. The van der Waals surface area contributed by atoms with E-state index in [-0.39, 0.29) is 0 Å². The van der Waals surface area contributed by atoms with Gasteiger partial charge >= 0.3 is 6.09 Å². The third kappa shape index (κ3) is 6.35. The number of aromatic hydroxyl groups is 1. The first kappa shape index (κ1) is 24.3. The van der Waals surface area contributed by atoms with Crippen molar-refractivity contribution in [2.75, 3.05) is 16.4 Å². The number of amides is 2. The zero-order valence-electron chi connectivity index (χ0n) is 18.8. The van der Waals surface area contributed by atoms with Crippen LogP contribution in [0.3, 0.4) is 0 Å². The molecule has 176 valence electrons. The molecule has 3 aromatic carbocycles. The lowest BCUT2D eigenvalue weighted by Crippen LogP contribution is -2.28. The molecule has 0 aliphatic carbocycles. The Morgan fingerprint density at radius 2 is 1.71 bits per heavy atom. The molecule has 3 aromatic rings. The summed E-state index contributed by atoms with van der Waals surface area (Å²) in [6.07, 6.45) is 1.12. The molecule has 0 radical (unpaired) electrons. The number of phenols is 1. The van der Waals surface area contributed by atoms with E-state index in [9.17, 15) is 19.1 Å². The lowest BCUT2D eigenvalue weighted by Gasteiger charge is -2.31. The Kier molecular flexibility index (Phi) is 7.53. The van der Waals surface area contributed by atoms with E-state index in [4.69, 9.17) is 10.5 Å². The average Bonchev–Trinajstić information content (AvgIpc) is 2.80. The number of nitrogens with one attached hydrogen (secondary N) is 2. The number of carbonyl (C=O) groups excluding carboxylic acids is 2. The molecule has 7 nitrogen and oxygen atoms in total. The molecule has 34 heavy (non-hydrogen) atoms. The number of anilines is 3. The van der Waals surface area contributed by atoms with Gasteiger partial charge in [0, 0.05) is 11.1 Å². The third-order valence-corrected chi connectivity index (χ3v) is 5.08. The van der Waals surface area contributed by atoms with Gasteiger partial charge in [0.25, 0.3) is 0 Å². The zero-order chi connectivity index (χ0) is 24.7. The van der Waals surface area contributed by atoms with Gasteiger partial charge in [-0.15, -0.1) is 0 Å². The number of rotatable bonds is 7. The van der Waals surface area contributed by atoms with Crippen LogP contribution in [0, 0.1) is 11.2 Å². The second-order valence-electron chi connectivity index (χ2n) is 8.22. The number of hydrogen-bond acceptors (Lipinski definition) is 5. The normalized spacial score (nSPS) is 12.2. The number of nitrogen functional groups attached to an aromatic ring is 1. The Labute approximate surface area is 197 Å². The van der Waals surface area contributed by atoms with Gasteiger partial charge in [-0.2, -0.15) is 0 Å². The molecule has 0 heterocycles. The lowest BCUT2D eigenvalue weighted by molar-refractivity contribution is -0.112. The Morgan fingerprint density at radius 3 is 2.38 bits per heavy atom. The average molecular weight is 464 g/mol. The van der Waals surface area contributed by atoms with E-state index in [2.05, 4.69) is 10.6 Å². The molecule has 0 saturated carbocycles. The zero-order valence-corrected chi connectivity index (χ0v) is 18.8. The first-order valence-corrected chi connectivity index (χ1v) is 10.5. The Morgan fingerprint density at radius 1 is 1.03 bits per heavy atom. The van der Waals surface area contributed by atoms with Crippen molar-refractivity contribution < 1.29 is 23.8 Å². The van der Waals surface area contributed by atoms with Crippen molar-refractivity contribution >= 4 is 29.1 Å². The van der Waals surface area contributed by atoms with Crippen LogP contribution in [-0.2, 0) is 9.53 Å². The van der Waals surface area contributed by atoms with Crippen molar-refractivity contribution in [1.82, 2.24) is 0 Å². The number of benzene rings is 3. The summed E-state index contributed by atoms with van der Waals surface area (Å²) in [5, 5.41) is 14.9. The lowest BCUT2D eigenvalue weighted by atomic mass is 9.82. The van der Waals surface area contributed by atoms with E-state index in [1.807, 2.05) is 0 Å². The minimum Gasteiger partial charge on any atom is -0.505 e. The molecule has 0 unspecified atom stereocenters. The van der Waals surface area contributed by atoms with Gasteiger partial charge in [0.05, 0.1) is 11.4 Å². The van der Waals surface area contributed by atoms with E-state index in [1.165, 1.54) is 18.2 Å². The fourth-order valence-electron chi connectivity index (χ4n) is 3.27. The maximum atomic E-state index is 14.1. The summed E-state index contributed by atoms with van der Waals surface area (Å²) in [6, 6.07) is 19.3. The number of ether oxygens (including phenoxy) is 1. The van der Waals surface area contributed by atoms with E-state index in [0.29, 0.717) is 22.6 Å². The van der Waals surface area contributed by atoms with Crippen LogP contribution >= 0.6 is 0 Å². The molecule has 8 heteroatoms. The Balaban J connectivity index is 1.83. The fourth-order valence-corrected chi connectivity index (χ4v) is 3.27. The summed E-state index contributed by atoms with van der Waals surface area (Å²) < 4.78 is 19.8. The number of carbonyl (C=O) groups is 2. The van der Waals surface area contributed by atoms with Crippen molar-refractivity contribution in [2.24, 2.45) is 5.41 Å². The third-order valence-electron chi connectivity index (χ3n) is 5.08. The van der Waals surface area contributed by atoms with Crippen LogP contribution in [0.15, 0.2) is 84.9 Å². The van der Waals surface area contributed by atoms with Crippen LogP contribution in [0.5, 0.6) is 5.75 Å². The number of hydrogen-bond donors (Lipinski definition) is 4. The summed E-state index contributed by atoms with van der Waals surface area (Å²) in [4.78, 5) is 25.1. The molecule has 0 aliphatic heterocycles. The van der Waals surface area contributed by atoms with Gasteiger partial charge in [0.1, 0.15) is 6.10 Å². The number of halogens is 1. The second kappa shape index (κ2) is 10.5. The molecule has 3 rings (SSSR count). The van der Waals surface area contributed by atoms with Gasteiger partial charge in [-0.25, -0.2) is 9.18 Å². The van der Waals surface area contributed by atoms with Crippen molar-refractivity contribution in [2.45, 2.75) is 20.0 Å². The second-order valence-corrected chi connectivity index (χ2v) is 8.22. The summed E-state index contributed by atoms with van der Waals surface area (Å²) in [5.41, 5.74) is 6.63. The highest BCUT2D eigenvalue weighted by atomic mass is 19.1. The van der Waals surface area contributed by atoms with Crippen LogP contribution in [0.1, 0.15) is 25.5 Å². The van der Waals surface area contributed by atoms with Gasteiger partial charge in [0.2, 0.25) is 5.91 Å². The Hall–Kier alpha value is -4.33. The summed E-state index contributed by atoms with van der Waals surface area (Å²) in [7, 11) is 0. The van der Waals surface area contributed by atoms with Gasteiger partial charge in [-0.1, -0.05) is 56.3 Å². The van der Waals surface area contributed by atoms with Gasteiger partial charge < -0.3 is 20.9 Å². The predicted molar refractivity (Wildman–Crippen MR) is 130 cm³/mol. The van der Waals surface area contributed by atoms with Gasteiger partial charge in [-0.3, -0.25) is 10.1 Å². The maximum Gasteiger partial charge on any atom is 0.412 e. The number of nitrogens with two attached hydrogens (primary N) is 1. The number of phenolic OH excluding ortho intramolecular Hbond substituents is 1. The monoisotopic (exact) mass is 463 g/mol. The molecule has 0 spiro atoms.